The Kier molecular flexibility index (Phi) is 4.30. The Labute approximate surface area is 165 Å². The number of allylic oxidation sites excluding steroid dienone is 2. The van der Waals surface area contributed by atoms with Gasteiger partial charge in [0.25, 0.3) is 0 Å². The molecule has 140 valence electrons. The molecule has 0 radical (unpaired) electrons. The van der Waals surface area contributed by atoms with E-state index >= 15 is 0 Å². The molecular formula is C19H21BrN6O. The number of nitrogen functional groups attached to an aromatic ring is 1. The van der Waals surface area contributed by atoms with Gasteiger partial charge in [-0.25, -0.2) is 9.97 Å². The molecule has 0 spiro atoms. The second-order valence-electron chi connectivity index (χ2n) is 7.11. The zero-order valence-electron chi connectivity index (χ0n) is 15.1. The van der Waals surface area contributed by atoms with Crippen molar-refractivity contribution >= 4 is 38.7 Å². The number of aromatic amines is 1. The Morgan fingerprint density at radius 2 is 2.22 bits per heavy atom. The zero-order chi connectivity index (χ0) is 19.3. The zero-order valence-corrected chi connectivity index (χ0v) is 16.7. The molecule has 3 aromatic rings. The van der Waals surface area contributed by atoms with Crippen molar-refractivity contribution in [3.05, 3.63) is 40.6 Å². The Balaban J connectivity index is 0.000000153. The lowest BCUT2D eigenvalue weighted by Gasteiger charge is -2.10. The molecule has 3 atom stereocenters. The number of carbonyl (C=O) groups is 1. The number of aromatic nitrogens is 4. The van der Waals surface area contributed by atoms with E-state index in [9.17, 15) is 4.79 Å². The van der Waals surface area contributed by atoms with Crippen molar-refractivity contribution in [3.63, 3.8) is 0 Å². The van der Waals surface area contributed by atoms with Gasteiger partial charge in [0.15, 0.2) is 11.5 Å². The molecule has 1 amide bonds. The number of nitrogens with one attached hydrogen (secondary N) is 1. The normalized spacial score (nSPS) is 22.8. The Bertz CT molecular complexity index is 1070. The van der Waals surface area contributed by atoms with E-state index in [0.717, 1.165) is 27.9 Å². The molecule has 3 aromatic heterocycles. The highest BCUT2D eigenvalue weighted by molar-refractivity contribution is 9.10. The number of hydrogen-bond acceptors (Lipinski definition) is 4. The number of H-pyrrole nitrogens is 1. The van der Waals surface area contributed by atoms with Crippen molar-refractivity contribution in [1.82, 2.24) is 19.5 Å². The summed E-state index contributed by atoms with van der Waals surface area (Å²) in [4.78, 5) is 22.6. The number of nitrogens with two attached hydrogens (primary N) is 2. The van der Waals surface area contributed by atoms with Crippen LogP contribution >= 0.6 is 15.9 Å². The Morgan fingerprint density at radius 3 is 2.78 bits per heavy atom. The second-order valence-corrected chi connectivity index (χ2v) is 7.97. The topological polar surface area (TPSA) is 116 Å². The lowest BCUT2D eigenvalue weighted by molar-refractivity contribution is -0.122. The average Bonchev–Trinajstić information content (AvgIpc) is 2.92. The molecule has 2 aliphatic rings. The van der Waals surface area contributed by atoms with Crippen molar-refractivity contribution in [1.29, 1.82) is 0 Å². The summed E-state index contributed by atoms with van der Waals surface area (Å²) in [5, 5.41) is 0. The monoisotopic (exact) mass is 428 g/mol. The third kappa shape index (κ3) is 3.14. The largest absolute Gasteiger partial charge is 0.396 e. The number of rotatable bonds is 2. The van der Waals surface area contributed by atoms with E-state index in [1.165, 1.54) is 5.57 Å². The molecule has 5 N–H and O–H groups in total. The van der Waals surface area contributed by atoms with Crippen molar-refractivity contribution in [2.45, 2.75) is 13.3 Å². The van der Waals surface area contributed by atoms with Crippen LogP contribution in [0, 0.1) is 17.8 Å². The number of aryl methyl sites for hydroxylation is 1. The van der Waals surface area contributed by atoms with Crippen molar-refractivity contribution < 1.29 is 4.79 Å². The molecular weight excluding hydrogens is 408 g/mol. The first-order valence-electron chi connectivity index (χ1n) is 8.79. The summed E-state index contributed by atoms with van der Waals surface area (Å²) in [6, 6.07) is 3.96. The summed E-state index contributed by atoms with van der Waals surface area (Å²) in [5.74, 6) is 1.85. The van der Waals surface area contributed by atoms with E-state index in [1.807, 2.05) is 29.9 Å². The number of fused-ring (bicyclic) bond motifs is 2. The fourth-order valence-electron chi connectivity index (χ4n) is 3.73. The molecule has 1 saturated carbocycles. The second kappa shape index (κ2) is 6.53. The number of imidazole rings is 1. The third-order valence-corrected chi connectivity index (χ3v) is 6.05. The van der Waals surface area contributed by atoms with Gasteiger partial charge in [-0.2, -0.15) is 0 Å². The number of nitrogens with zero attached hydrogens (tertiary/aromatic N) is 3. The maximum Gasteiger partial charge on any atom is 0.221 e. The first-order chi connectivity index (χ1) is 12.9. The van der Waals surface area contributed by atoms with E-state index in [0.29, 0.717) is 23.2 Å². The minimum atomic E-state index is -0.124. The highest BCUT2D eigenvalue weighted by Gasteiger charge is 2.44. The predicted molar refractivity (Wildman–Crippen MR) is 108 cm³/mol. The molecule has 7 nitrogen and oxygen atoms in total. The fraction of sp³-hybridized carbons (Fsp3) is 0.316. The van der Waals surface area contributed by atoms with E-state index in [2.05, 4.69) is 43.9 Å². The first kappa shape index (κ1) is 17.8. The average molecular weight is 429 g/mol. The minimum absolute atomic E-state index is 0.124. The van der Waals surface area contributed by atoms with Crippen LogP contribution < -0.4 is 11.5 Å². The Morgan fingerprint density at radius 1 is 1.44 bits per heavy atom. The van der Waals surface area contributed by atoms with Gasteiger partial charge in [0.2, 0.25) is 5.91 Å². The van der Waals surface area contributed by atoms with Crippen LogP contribution in [-0.2, 0) is 11.8 Å². The Hall–Kier alpha value is -2.61. The minimum Gasteiger partial charge on any atom is -0.396 e. The molecule has 27 heavy (non-hydrogen) atoms. The lowest BCUT2D eigenvalue weighted by atomic mass is 9.95. The van der Waals surface area contributed by atoms with Crippen LogP contribution in [0.3, 0.4) is 0 Å². The standard InChI is InChI=1S/C11H10BrN5.C8H11NO/c1-17-4-2-3-7(17)10-15-9-8(13)6(12)5-14-11(9)16-10;1-4-6-2-5(6)3-7(4)8(9)10/h2-5H,1H3,(H3,13,14,15,16);2,4-5,7H,3H2,1H3,(H2,9,10)/t;4-,5+,7+/m.0/s1. The van der Waals surface area contributed by atoms with Crippen molar-refractivity contribution in [2.24, 2.45) is 30.5 Å². The van der Waals surface area contributed by atoms with Gasteiger partial charge < -0.3 is 21.0 Å². The van der Waals surface area contributed by atoms with Crippen LogP contribution in [0.1, 0.15) is 13.3 Å². The maximum atomic E-state index is 10.8. The number of primary amides is 1. The summed E-state index contributed by atoms with van der Waals surface area (Å²) in [6.45, 7) is 2.09. The predicted octanol–water partition coefficient (Wildman–Crippen LogP) is 2.99. The van der Waals surface area contributed by atoms with E-state index in [4.69, 9.17) is 11.5 Å². The van der Waals surface area contributed by atoms with Crippen molar-refractivity contribution in [2.75, 3.05) is 5.73 Å². The molecule has 0 saturated heterocycles. The number of anilines is 1. The molecule has 1 fully saturated rings. The molecule has 3 heterocycles. The molecule has 0 aromatic carbocycles. The molecule has 0 aliphatic heterocycles. The third-order valence-electron chi connectivity index (χ3n) is 5.41. The summed E-state index contributed by atoms with van der Waals surface area (Å²) >= 11 is 3.35. The van der Waals surface area contributed by atoms with Gasteiger partial charge in [-0.15, -0.1) is 0 Å². The van der Waals surface area contributed by atoms with Gasteiger partial charge in [0, 0.05) is 25.4 Å². The SMILES string of the molecule is C[C@H]1C2=C[C@@H]2C[C@H]1C(N)=O.Cn1cccc1-c1nc2ncc(Br)c(N)c2[nH]1. The number of halogens is 1. The summed E-state index contributed by atoms with van der Waals surface area (Å²) in [7, 11) is 1.97. The van der Waals surface area contributed by atoms with Crippen LogP contribution in [0.25, 0.3) is 22.7 Å². The first-order valence-corrected chi connectivity index (χ1v) is 9.58. The fourth-order valence-corrected chi connectivity index (χ4v) is 4.03. The van der Waals surface area contributed by atoms with Gasteiger partial charge >= 0.3 is 0 Å². The van der Waals surface area contributed by atoms with Gasteiger partial charge in [-0.05, 0) is 46.3 Å². The quantitative estimate of drug-likeness (QED) is 0.543. The van der Waals surface area contributed by atoms with Crippen LogP contribution in [0.2, 0.25) is 0 Å². The number of pyridine rings is 1. The van der Waals surface area contributed by atoms with Crippen LogP contribution in [0.15, 0.2) is 40.6 Å². The molecule has 8 heteroatoms. The van der Waals surface area contributed by atoms with E-state index < -0.39 is 0 Å². The summed E-state index contributed by atoms with van der Waals surface area (Å²) < 4.78 is 2.76. The highest BCUT2D eigenvalue weighted by Crippen LogP contribution is 2.51. The lowest BCUT2D eigenvalue weighted by Crippen LogP contribution is -2.25. The van der Waals surface area contributed by atoms with Gasteiger partial charge in [-0.3, -0.25) is 4.79 Å². The van der Waals surface area contributed by atoms with E-state index in [-0.39, 0.29) is 11.8 Å². The molecule has 5 rings (SSSR count). The van der Waals surface area contributed by atoms with Gasteiger partial charge in [0.1, 0.15) is 5.52 Å². The van der Waals surface area contributed by atoms with Crippen LogP contribution in [0.4, 0.5) is 5.69 Å². The van der Waals surface area contributed by atoms with Gasteiger partial charge in [0.05, 0.1) is 15.9 Å². The van der Waals surface area contributed by atoms with Gasteiger partial charge in [-0.1, -0.05) is 18.6 Å². The number of hydrogen-bond donors (Lipinski definition) is 3. The number of amides is 1. The van der Waals surface area contributed by atoms with Crippen LogP contribution in [0.5, 0.6) is 0 Å². The van der Waals surface area contributed by atoms with Crippen LogP contribution in [-0.4, -0.2) is 25.4 Å². The van der Waals surface area contributed by atoms with Crippen molar-refractivity contribution in [3.8, 4) is 11.5 Å². The van der Waals surface area contributed by atoms with E-state index in [1.54, 1.807) is 6.20 Å². The summed E-state index contributed by atoms with van der Waals surface area (Å²) in [6.07, 6.45) is 6.85. The smallest absolute Gasteiger partial charge is 0.221 e. The maximum absolute atomic E-state index is 10.8. The summed E-state index contributed by atoms with van der Waals surface area (Å²) in [5.41, 5.74) is 15.6. The molecule has 0 unspecified atom stereocenters. The molecule has 2 aliphatic carbocycles. The highest BCUT2D eigenvalue weighted by atomic mass is 79.9. The number of carbonyl (C=O) groups excluding carboxylic acids is 1. The molecule has 0 bridgehead atoms.